The second-order valence-corrected chi connectivity index (χ2v) is 5.41. The van der Waals surface area contributed by atoms with E-state index in [1.165, 1.54) is 32.1 Å². The van der Waals surface area contributed by atoms with E-state index in [1.54, 1.807) is 6.08 Å². The van der Waals surface area contributed by atoms with Gasteiger partial charge in [-0.15, -0.1) is 0 Å². The zero-order chi connectivity index (χ0) is 11.6. The van der Waals surface area contributed by atoms with Gasteiger partial charge in [0.25, 0.3) is 0 Å². The second-order valence-electron chi connectivity index (χ2n) is 5.41. The number of carbonyl (C=O) groups is 1. The Morgan fingerprint density at radius 1 is 1.38 bits per heavy atom. The smallest absolute Gasteiger partial charge is 0.159 e. The van der Waals surface area contributed by atoms with Crippen molar-refractivity contribution in [1.29, 1.82) is 0 Å². The molecule has 0 bridgehead atoms. The molecule has 0 aromatic heterocycles. The van der Waals surface area contributed by atoms with Crippen molar-refractivity contribution in [2.24, 2.45) is 0 Å². The van der Waals surface area contributed by atoms with Crippen molar-refractivity contribution in [2.75, 3.05) is 0 Å². The fraction of sp³-hybridized carbons (Fsp3) is 0.786. The topological polar surface area (TPSA) is 20.3 Å². The molecule has 2 nitrogen and oxygen atoms in total. The van der Waals surface area contributed by atoms with Crippen LogP contribution in [0.3, 0.4) is 0 Å². The Bertz CT molecular complexity index is 289. The molecule has 1 saturated carbocycles. The summed E-state index contributed by atoms with van der Waals surface area (Å²) in [6.45, 7) is 4.50. The van der Waals surface area contributed by atoms with Gasteiger partial charge in [-0.25, -0.2) is 0 Å². The molecule has 2 rings (SSSR count). The first-order chi connectivity index (χ1) is 7.68. The highest BCUT2D eigenvalue weighted by molar-refractivity contribution is 5.91. The maximum Gasteiger partial charge on any atom is 0.159 e. The van der Waals surface area contributed by atoms with E-state index in [1.807, 2.05) is 0 Å². The molecule has 16 heavy (non-hydrogen) atoms. The molecule has 1 atom stereocenters. The number of hydrogen-bond donors (Lipinski definition) is 0. The molecule has 0 aromatic carbocycles. The average Bonchev–Trinajstić information content (AvgIpc) is 2.29. The van der Waals surface area contributed by atoms with Gasteiger partial charge < -0.3 is 4.90 Å². The maximum atomic E-state index is 11.7. The molecule has 0 aromatic rings. The van der Waals surface area contributed by atoms with Gasteiger partial charge in [0, 0.05) is 24.2 Å². The third kappa shape index (κ3) is 2.02. The van der Waals surface area contributed by atoms with E-state index < -0.39 is 0 Å². The van der Waals surface area contributed by atoms with Crippen LogP contribution in [0.4, 0.5) is 0 Å². The molecule has 90 valence electrons. The largest absolute Gasteiger partial charge is 0.369 e. The first-order valence-corrected chi connectivity index (χ1v) is 6.67. The van der Waals surface area contributed by atoms with Crippen molar-refractivity contribution in [3.8, 4) is 0 Å². The molecule has 0 saturated heterocycles. The normalized spacial score (nSPS) is 26.1. The summed E-state index contributed by atoms with van der Waals surface area (Å²) < 4.78 is 0. The lowest BCUT2D eigenvalue weighted by Gasteiger charge is -2.50. The van der Waals surface area contributed by atoms with Crippen LogP contribution in [0.15, 0.2) is 12.3 Å². The molecule has 1 heterocycles. The van der Waals surface area contributed by atoms with Crippen LogP contribution in [0, 0.1) is 0 Å². The number of hydrogen-bond acceptors (Lipinski definition) is 2. The molecule has 0 N–H and O–H groups in total. The predicted molar refractivity (Wildman–Crippen MR) is 66.2 cm³/mol. The standard InChI is InChI=1S/C14H23NO/c1-3-12(2)15-10-7-13(16)11-14(15)8-5-4-6-9-14/h7,10,12H,3-6,8-9,11H2,1-2H3. The Hall–Kier alpha value is -0.790. The summed E-state index contributed by atoms with van der Waals surface area (Å²) >= 11 is 0. The highest BCUT2D eigenvalue weighted by Gasteiger charge is 2.41. The van der Waals surface area contributed by atoms with Gasteiger partial charge in [0.1, 0.15) is 0 Å². The summed E-state index contributed by atoms with van der Waals surface area (Å²) in [5.74, 6) is 0.321. The fourth-order valence-electron chi connectivity index (χ4n) is 3.25. The minimum atomic E-state index is 0.166. The zero-order valence-electron chi connectivity index (χ0n) is 10.5. The van der Waals surface area contributed by atoms with E-state index in [2.05, 4.69) is 24.9 Å². The number of ketones is 1. The third-order valence-corrected chi connectivity index (χ3v) is 4.32. The summed E-state index contributed by atoms with van der Waals surface area (Å²) in [6, 6.07) is 0.558. The molecule has 2 heteroatoms. The van der Waals surface area contributed by atoms with Gasteiger partial charge in [-0.1, -0.05) is 26.2 Å². The van der Waals surface area contributed by atoms with Gasteiger partial charge in [0.15, 0.2) is 5.78 Å². The van der Waals surface area contributed by atoms with Gasteiger partial charge in [-0.2, -0.15) is 0 Å². The van der Waals surface area contributed by atoms with Crippen LogP contribution in [0.2, 0.25) is 0 Å². The van der Waals surface area contributed by atoms with Crippen LogP contribution >= 0.6 is 0 Å². The van der Waals surface area contributed by atoms with Gasteiger partial charge in [-0.3, -0.25) is 4.79 Å². The highest BCUT2D eigenvalue weighted by atomic mass is 16.1. The first-order valence-electron chi connectivity index (χ1n) is 6.67. The quantitative estimate of drug-likeness (QED) is 0.713. The Morgan fingerprint density at radius 3 is 2.69 bits per heavy atom. The third-order valence-electron chi connectivity index (χ3n) is 4.32. The molecule has 0 amide bonds. The highest BCUT2D eigenvalue weighted by Crippen LogP contribution is 2.40. The lowest BCUT2D eigenvalue weighted by Crippen LogP contribution is -2.53. The summed E-state index contributed by atoms with van der Waals surface area (Å²) in [5.41, 5.74) is 0.166. The Balaban J connectivity index is 2.24. The van der Waals surface area contributed by atoms with Crippen molar-refractivity contribution in [2.45, 2.75) is 70.4 Å². The van der Waals surface area contributed by atoms with Crippen LogP contribution in [0.1, 0.15) is 58.8 Å². The summed E-state index contributed by atoms with van der Waals surface area (Å²) in [7, 11) is 0. The number of nitrogens with zero attached hydrogens (tertiary/aromatic N) is 1. The molecule has 1 aliphatic heterocycles. The Morgan fingerprint density at radius 2 is 2.06 bits per heavy atom. The second kappa shape index (κ2) is 4.60. The van der Waals surface area contributed by atoms with Gasteiger partial charge in [0.05, 0.1) is 0 Å². The van der Waals surface area contributed by atoms with E-state index in [0.717, 1.165) is 12.8 Å². The number of carbonyl (C=O) groups excluding carboxylic acids is 1. The van der Waals surface area contributed by atoms with Crippen molar-refractivity contribution >= 4 is 5.78 Å². The van der Waals surface area contributed by atoms with E-state index >= 15 is 0 Å². The van der Waals surface area contributed by atoms with Crippen molar-refractivity contribution in [1.82, 2.24) is 4.90 Å². The van der Waals surface area contributed by atoms with Crippen molar-refractivity contribution in [3.05, 3.63) is 12.3 Å². The molecule has 1 spiro atoms. The molecule has 1 unspecified atom stereocenters. The molecular weight excluding hydrogens is 198 g/mol. The number of rotatable bonds is 2. The Kier molecular flexibility index (Phi) is 3.36. The maximum absolute atomic E-state index is 11.7. The van der Waals surface area contributed by atoms with Crippen LogP contribution < -0.4 is 0 Å². The van der Waals surface area contributed by atoms with Crippen LogP contribution in [0.25, 0.3) is 0 Å². The van der Waals surface area contributed by atoms with E-state index in [4.69, 9.17) is 0 Å². The average molecular weight is 221 g/mol. The fourth-order valence-corrected chi connectivity index (χ4v) is 3.25. The molecule has 0 radical (unpaired) electrons. The van der Waals surface area contributed by atoms with Crippen LogP contribution in [0.5, 0.6) is 0 Å². The first kappa shape index (κ1) is 11.7. The molecule has 1 aliphatic carbocycles. The van der Waals surface area contributed by atoms with Gasteiger partial charge in [0.2, 0.25) is 0 Å². The van der Waals surface area contributed by atoms with Crippen molar-refractivity contribution in [3.63, 3.8) is 0 Å². The van der Waals surface area contributed by atoms with Crippen molar-refractivity contribution < 1.29 is 4.79 Å². The SMILES string of the molecule is CCC(C)N1C=CC(=O)CC12CCCCC2. The van der Waals surface area contributed by atoms with Crippen LogP contribution in [-0.4, -0.2) is 22.3 Å². The lowest BCUT2D eigenvalue weighted by atomic mass is 9.75. The summed E-state index contributed by atoms with van der Waals surface area (Å²) in [5, 5.41) is 0. The van der Waals surface area contributed by atoms with Gasteiger partial charge in [-0.05, 0) is 32.3 Å². The lowest BCUT2D eigenvalue weighted by molar-refractivity contribution is -0.119. The monoisotopic (exact) mass is 221 g/mol. The van der Waals surface area contributed by atoms with E-state index in [9.17, 15) is 4.79 Å². The minimum absolute atomic E-state index is 0.166. The number of allylic oxidation sites excluding steroid dienone is 1. The molecule has 2 aliphatic rings. The van der Waals surface area contributed by atoms with Gasteiger partial charge >= 0.3 is 0 Å². The summed E-state index contributed by atoms with van der Waals surface area (Å²) in [6.07, 6.45) is 12.0. The Labute approximate surface area is 98.7 Å². The molecule has 1 fully saturated rings. The minimum Gasteiger partial charge on any atom is -0.369 e. The van der Waals surface area contributed by atoms with E-state index in [-0.39, 0.29) is 5.54 Å². The summed E-state index contributed by atoms with van der Waals surface area (Å²) in [4.78, 5) is 14.2. The van der Waals surface area contributed by atoms with Crippen LogP contribution in [-0.2, 0) is 4.79 Å². The predicted octanol–water partition coefficient (Wildman–Crippen LogP) is 3.28. The molecular formula is C14H23NO. The van der Waals surface area contributed by atoms with E-state index in [0.29, 0.717) is 11.8 Å². The zero-order valence-corrected chi connectivity index (χ0v) is 10.5.